The van der Waals surface area contributed by atoms with Crippen molar-refractivity contribution < 1.29 is 14.3 Å². The maximum Gasteiger partial charge on any atom is 0.289 e. The zero-order valence-electron chi connectivity index (χ0n) is 14.5. The van der Waals surface area contributed by atoms with Gasteiger partial charge in [-0.3, -0.25) is 9.59 Å². The molecule has 1 aliphatic rings. The number of hydrogen-bond donors (Lipinski definition) is 0. The van der Waals surface area contributed by atoms with Crippen LogP contribution in [0, 0.1) is 0 Å². The second-order valence-electron chi connectivity index (χ2n) is 6.02. The fraction of sp³-hybridized carbons (Fsp3) is 0.471. The standard InChI is InChI=1S/C17H22N4O3S/c1-19-7-8-20-12-14(18-15(20)17(19)23)16(22)21(6-4-9-24-2)11-13-5-3-10-25-13/h3,5,10,12H,4,6-9,11H2,1-2H3. The molecule has 2 aromatic heterocycles. The molecule has 2 aromatic rings. The van der Waals surface area contributed by atoms with Crippen LogP contribution in [0.25, 0.3) is 0 Å². The summed E-state index contributed by atoms with van der Waals surface area (Å²) in [5.74, 6) is 0.0430. The molecule has 3 heterocycles. The quantitative estimate of drug-likeness (QED) is 0.703. The average molecular weight is 362 g/mol. The average Bonchev–Trinajstić information content (AvgIpc) is 3.26. The van der Waals surface area contributed by atoms with E-state index in [9.17, 15) is 9.59 Å². The molecule has 1 aliphatic heterocycles. The number of rotatable bonds is 7. The van der Waals surface area contributed by atoms with Gasteiger partial charge in [-0.15, -0.1) is 11.3 Å². The van der Waals surface area contributed by atoms with Crippen molar-refractivity contribution in [3.8, 4) is 0 Å². The van der Waals surface area contributed by atoms with Gasteiger partial charge in [-0.1, -0.05) is 6.07 Å². The molecule has 8 heteroatoms. The SMILES string of the molecule is COCCCN(Cc1cccs1)C(=O)c1cn2c(n1)C(=O)N(C)CC2. The maximum absolute atomic E-state index is 13.0. The zero-order valence-corrected chi connectivity index (χ0v) is 15.3. The highest BCUT2D eigenvalue weighted by molar-refractivity contribution is 7.09. The first kappa shape index (κ1) is 17.6. The number of hydrogen-bond acceptors (Lipinski definition) is 5. The number of ether oxygens (including phenoxy) is 1. The Morgan fingerprint density at radius 3 is 3.00 bits per heavy atom. The molecule has 0 bridgehead atoms. The largest absolute Gasteiger partial charge is 0.385 e. The van der Waals surface area contributed by atoms with Gasteiger partial charge in [-0.25, -0.2) is 4.98 Å². The van der Waals surface area contributed by atoms with Gasteiger partial charge in [-0.2, -0.15) is 0 Å². The first-order chi connectivity index (χ1) is 12.1. The molecule has 7 nitrogen and oxygen atoms in total. The summed E-state index contributed by atoms with van der Waals surface area (Å²) in [4.78, 5) is 34.0. The monoisotopic (exact) mass is 362 g/mol. The Hall–Kier alpha value is -2.19. The number of carbonyl (C=O) groups excluding carboxylic acids is 2. The van der Waals surface area contributed by atoms with Crippen LogP contribution in [0.1, 0.15) is 32.4 Å². The van der Waals surface area contributed by atoms with Crippen molar-refractivity contribution in [3.63, 3.8) is 0 Å². The predicted octanol–water partition coefficient (Wildman–Crippen LogP) is 1.71. The molecule has 0 spiro atoms. The minimum atomic E-state index is -0.151. The summed E-state index contributed by atoms with van der Waals surface area (Å²) in [7, 11) is 3.40. The Morgan fingerprint density at radius 2 is 2.28 bits per heavy atom. The van der Waals surface area contributed by atoms with Gasteiger partial charge in [0.2, 0.25) is 0 Å². The van der Waals surface area contributed by atoms with Gasteiger partial charge in [0, 0.05) is 51.5 Å². The number of imidazole rings is 1. The predicted molar refractivity (Wildman–Crippen MR) is 94.7 cm³/mol. The molecule has 0 unspecified atom stereocenters. The highest BCUT2D eigenvalue weighted by atomic mass is 32.1. The number of aromatic nitrogens is 2. The van der Waals surface area contributed by atoms with Crippen LogP contribution < -0.4 is 0 Å². The van der Waals surface area contributed by atoms with Gasteiger partial charge in [0.05, 0.1) is 6.54 Å². The van der Waals surface area contributed by atoms with E-state index in [1.54, 1.807) is 46.1 Å². The van der Waals surface area contributed by atoms with Crippen LogP contribution in [0.3, 0.4) is 0 Å². The molecule has 0 aliphatic carbocycles. The third-order valence-corrected chi connectivity index (χ3v) is 5.06. The van der Waals surface area contributed by atoms with E-state index in [1.165, 1.54) is 0 Å². The number of methoxy groups -OCH3 is 1. The van der Waals surface area contributed by atoms with Crippen molar-refractivity contribution in [1.82, 2.24) is 19.4 Å². The van der Waals surface area contributed by atoms with E-state index in [-0.39, 0.29) is 11.8 Å². The lowest BCUT2D eigenvalue weighted by Crippen LogP contribution is -2.37. The lowest BCUT2D eigenvalue weighted by Gasteiger charge is -2.22. The van der Waals surface area contributed by atoms with E-state index in [0.29, 0.717) is 44.3 Å². The minimum absolute atomic E-state index is 0.144. The molecule has 134 valence electrons. The second-order valence-corrected chi connectivity index (χ2v) is 7.05. The van der Waals surface area contributed by atoms with Crippen LogP contribution >= 0.6 is 11.3 Å². The first-order valence-corrected chi connectivity index (χ1v) is 9.11. The molecule has 0 aromatic carbocycles. The molecular weight excluding hydrogens is 340 g/mol. The van der Waals surface area contributed by atoms with Crippen LogP contribution in [-0.4, -0.2) is 65.0 Å². The van der Waals surface area contributed by atoms with Crippen molar-refractivity contribution in [2.75, 3.05) is 33.9 Å². The third-order valence-electron chi connectivity index (χ3n) is 4.20. The van der Waals surface area contributed by atoms with Crippen molar-refractivity contribution >= 4 is 23.2 Å². The fourth-order valence-electron chi connectivity index (χ4n) is 2.79. The lowest BCUT2D eigenvalue weighted by atomic mass is 10.3. The fourth-order valence-corrected chi connectivity index (χ4v) is 3.51. The van der Waals surface area contributed by atoms with E-state index >= 15 is 0 Å². The summed E-state index contributed by atoms with van der Waals surface area (Å²) in [6.45, 7) is 3.00. The van der Waals surface area contributed by atoms with Gasteiger partial charge in [0.15, 0.2) is 5.82 Å². The highest BCUT2D eigenvalue weighted by Gasteiger charge is 2.27. The Balaban J connectivity index is 1.79. The zero-order chi connectivity index (χ0) is 17.8. The molecule has 0 saturated heterocycles. The number of thiophene rings is 1. The Bertz CT molecular complexity index is 741. The molecule has 0 N–H and O–H groups in total. The smallest absolute Gasteiger partial charge is 0.289 e. The van der Waals surface area contributed by atoms with Crippen molar-refractivity contribution in [1.29, 1.82) is 0 Å². The van der Waals surface area contributed by atoms with E-state index in [0.717, 1.165) is 11.3 Å². The first-order valence-electron chi connectivity index (χ1n) is 8.23. The highest BCUT2D eigenvalue weighted by Crippen LogP contribution is 2.17. The van der Waals surface area contributed by atoms with Gasteiger partial charge in [0.25, 0.3) is 11.8 Å². The Labute approximate surface area is 150 Å². The number of likely N-dealkylation sites (N-methyl/N-ethyl adjacent to an activating group) is 1. The molecule has 2 amide bonds. The lowest BCUT2D eigenvalue weighted by molar-refractivity contribution is 0.0720. The second kappa shape index (κ2) is 7.79. The Morgan fingerprint density at radius 1 is 1.44 bits per heavy atom. The topological polar surface area (TPSA) is 67.7 Å². The molecule has 0 radical (unpaired) electrons. The maximum atomic E-state index is 13.0. The summed E-state index contributed by atoms with van der Waals surface area (Å²) < 4.78 is 6.87. The van der Waals surface area contributed by atoms with E-state index in [2.05, 4.69) is 4.98 Å². The van der Waals surface area contributed by atoms with Crippen LogP contribution in [-0.2, 0) is 17.8 Å². The molecule has 0 fully saturated rings. The van der Waals surface area contributed by atoms with Gasteiger partial charge in [0.1, 0.15) is 5.69 Å². The van der Waals surface area contributed by atoms with E-state index in [1.807, 2.05) is 17.5 Å². The van der Waals surface area contributed by atoms with E-state index < -0.39 is 0 Å². The van der Waals surface area contributed by atoms with Gasteiger partial charge < -0.3 is 19.1 Å². The van der Waals surface area contributed by atoms with Crippen LogP contribution in [0.4, 0.5) is 0 Å². The summed E-state index contributed by atoms with van der Waals surface area (Å²) in [5.41, 5.74) is 0.327. The minimum Gasteiger partial charge on any atom is -0.385 e. The summed E-state index contributed by atoms with van der Waals surface area (Å²) in [6, 6.07) is 3.99. The molecular formula is C17H22N4O3S. The number of amides is 2. The van der Waals surface area contributed by atoms with Gasteiger partial charge >= 0.3 is 0 Å². The number of fused-ring (bicyclic) bond motifs is 1. The normalized spacial score (nSPS) is 13.8. The number of carbonyl (C=O) groups is 2. The van der Waals surface area contributed by atoms with Crippen molar-refractivity contribution in [2.45, 2.75) is 19.5 Å². The molecule has 25 heavy (non-hydrogen) atoms. The van der Waals surface area contributed by atoms with Crippen LogP contribution in [0.2, 0.25) is 0 Å². The summed E-state index contributed by atoms with van der Waals surface area (Å²) in [5, 5.41) is 2.00. The molecule has 0 atom stereocenters. The van der Waals surface area contributed by atoms with Crippen LogP contribution in [0.5, 0.6) is 0 Å². The van der Waals surface area contributed by atoms with Crippen molar-refractivity contribution in [2.24, 2.45) is 0 Å². The number of nitrogens with zero attached hydrogens (tertiary/aromatic N) is 4. The molecule has 3 rings (SSSR count). The summed E-state index contributed by atoms with van der Waals surface area (Å²) >= 11 is 1.62. The van der Waals surface area contributed by atoms with Crippen LogP contribution in [0.15, 0.2) is 23.7 Å². The van der Waals surface area contributed by atoms with Crippen molar-refractivity contribution in [3.05, 3.63) is 40.1 Å². The third kappa shape index (κ3) is 3.91. The molecule has 0 saturated carbocycles. The van der Waals surface area contributed by atoms with E-state index in [4.69, 9.17) is 4.74 Å². The summed E-state index contributed by atoms with van der Waals surface area (Å²) in [6.07, 6.45) is 2.45. The Kier molecular flexibility index (Phi) is 5.50. The van der Waals surface area contributed by atoms with Gasteiger partial charge in [-0.05, 0) is 17.9 Å².